The normalized spacial score (nSPS) is 16.5. The van der Waals surface area contributed by atoms with Crippen molar-refractivity contribution in [1.29, 1.82) is 0 Å². The van der Waals surface area contributed by atoms with E-state index in [1.165, 1.54) is 31.5 Å². The van der Waals surface area contributed by atoms with Gasteiger partial charge in [0.05, 0.1) is 5.56 Å². The molecule has 3 heteroatoms. The first kappa shape index (κ1) is 11.1. The summed E-state index contributed by atoms with van der Waals surface area (Å²) in [5.41, 5.74) is 1.59. The first-order valence-corrected chi connectivity index (χ1v) is 5.80. The fraction of sp³-hybridized carbons (Fsp3) is 0.462. The monoisotopic (exact) mass is 219 g/mol. The van der Waals surface area contributed by atoms with E-state index in [1.807, 2.05) is 12.1 Å². The van der Waals surface area contributed by atoms with Crippen molar-refractivity contribution >= 4 is 5.97 Å². The maximum Gasteiger partial charge on any atom is 0.335 e. The third-order valence-electron chi connectivity index (χ3n) is 3.12. The van der Waals surface area contributed by atoms with Gasteiger partial charge in [-0.3, -0.25) is 0 Å². The molecule has 1 aromatic rings. The zero-order valence-corrected chi connectivity index (χ0v) is 9.35. The van der Waals surface area contributed by atoms with Crippen LogP contribution in [0.1, 0.15) is 28.8 Å². The van der Waals surface area contributed by atoms with Crippen LogP contribution in [0.2, 0.25) is 0 Å². The molecule has 0 bridgehead atoms. The highest BCUT2D eigenvalue weighted by Crippen LogP contribution is 2.10. The molecule has 0 spiro atoms. The quantitative estimate of drug-likeness (QED) is 0.842. The molecule has 0 saturated carbocycles. The van der Waals surface area contributed by atoms with Crippen LogP contribution >= 0.6 is 0 Å². The van der Waals surface area contributed by atoms with Gasteiger partial charge in [0.2, 0.25) is 0 Å². The Morgan fingerprint density at radius 1 is 1.19 bits per heavy atom. The summed E-state index contributed by atoms with van der Waals surface area (Å²) in [6.45, 7) is 3.52. The summed E-state index contributed by atoms with van der Waals surface area (Å²) in [5.74, 6) is -0.855. The lowest BCUT2D eigenvalue weighted by Crippen LogP contribution is -2.21. The lowest BCUT2D eigenvalue weighted by atomic mass is 10.1. The van der Waals surface area contributed by atoms with E-state index in [9.17, 15) is 4.79 Å². The second-order valence-electron chi connectivity index (χ2n) is 4.30. The zero-order chi connectivity index (χ0) is 11.4. The van der Waals surface area contributed by atoms with Gasteiger partial charge >= 0.3 is 5.97 Å². The van der Waals surface area contributed by atoms with Crippen LogP contribution in [-0.4, -0.2) is 35.6 Å². The van der Waals surface area contributed by atoms with Crippen LogP contribution in [0.4, 0.5) is 0 Å². The van der Waals surface area contributed by atoms with Gasteiger partial charge in [-0.15, -0.1) is 0 Å². The van der Waals surface area contributed by atoms with Crippen molar-refractivity contribution < 1.29 is 9.90 Å². The maximum atomic E-state index is 10.7. The minimum Gasteiger partial charge on any atom is -0.478 e. The number of rotatable bonds is 4. The molecule has 1 N–H and O–H groups in total. The van der Waals surface area contributed by atoms with Crippen LogP contribution in [0, 0.1) is 0 Å². The molecular formula is C13H17NO2. The van der Waals surface area contributed by atoms with E-state index < -0.39 is 5.97 Å². The molecule has 0 atom stereocenters. The summed E-state index contributed by atoms with van der Waals surface area (Å²) in [6.07, 6.45) is 3.65. The van der Waals surface area contributed by atoms with Crippen LogP contribution < -0.4 is 0 Å². The van der Waals surface area contributed by atoms with Crippen molar-refractivity contribution in [2.45, 2.75) is 19.3 Å². The predicted octanol–water partition coefficient (Wildman–Crippen LogP) is 2.02. The maximum absolute atomic E-state index is 10.7. The predicted molar refractivity (Wildman–Crippen MR) is 62.8 cm³/mol. The SMILES string of the molecule is O=C(O)c1ccc(CCN2CCCC2)cc1. The standard InChI is InChI=1S/C13H17NO2/c15-13(16)12-5-3-11(4-6-12)7-10-14-8-1-2-9-14/h3-6H,1-2,7-10H2,(H,15,16). The summed E-state index contributed by atoms with van der Waals surface area (Å²) in [4.78, 5) is 13.1. The Hall–Kier alpha value is -1.35. The van der Waals surface area contributed by atoms with Gasteiger partial charge in [0.25, 0.3) is 0 Å². The number of carboxylic acid groups (broad SMARTS) is 1. The highest BCUT2D eigenvalue weighted by molar-refractivity contribution is 5.87. The molecule has 86 valence electrons. The number of likely N-dealkylation sites (tertiary alicyclic amines) is 1. The van der Waals surface area contributed by atoms with Crippen molar-refractivity contribution in [2.75, 3.05) is 19.6 Å². The van der Waals surface area contributed by atoms with Crippen molar-refractivity contribution in [3.8, 4) is 0 Å². The molecule has 0 amide bonds. The van der Waals surface area contributed by atoms with Gasteiger partial charge in [0, 0.05) is 6.54 Å². The Balaban J connectivity index is 1.87. The van der Waals surface area contributed by atoms with Gasteiger partial charge in [0.15, 0.2) is 0 Å². The molecule has 1 aliphatic heterocycles. The van der Waals surface area contributed by atoms with Crippen molar-refractivity contribution in [1.82, 2.24) is 4.90 Å². The van der Waals surface area contributed by atoms with Gasteiger partial charge < -0.3 is 10.0 Å². The minimum absolute atomic E-state index is 0.366. The lowest BCUT2D eigenvalue weighted by Gasteiger charge is -2.14. The summed E-state index contributed by atoms with van der Waals surface area (Å²) in [5, 5.41) is 8.77. The van der Waals surface area contributed by atoms with E-state index in [4.69, 9.17) is 5.11 Å². The number of hydrogen-bond acceptors (Lipinski definition) is 2. The van der Waals surface area contributed by atoms with Crippen LogP contribution in [0.15, 0.2) is 24.3 Å². The van der Waals surface area contributed by atoms with Gasteiger partial charge in [0.1, 0.15) is 0 Å². The average molecular weight is 219 g/mol. The molecule has 2 rings (SSSR count). The number of benzene rings is 1. The van der Waals surface area contributed by atoms with Gasteiger partial charge in [-0.05, 0) is 50.0 Å². The largest absolute Gasteiger partial charge is 0.478 e. The van der Waals surface area contributed by atoms with E-state index in [2.05, 4.69) is 4.90 Å². The van der Waals surface area contributed by atoms with Gasteiger partial charge in [-0.1, -0.05) is 12.1 Å². The summed E-state index contributed by atoms with van der Waals surface area (Å²) < 4.78 is 0. The smallest absolute Gasteiger partial charge is 0.335 e. The summed E-state index contributed by atoms with van der Waals surface area (Å²) in [7, 11) is 0. The molecule has 0 aromatic heterocycles. The molecule has 1 heterocycles. The van der Waals surface area contributed by atoms with Crippen molar-refractivity contribution in [3.05, 3.63) is 35.4 Å². The third-order valence-corrected chi connectivity index (χ3v) is 3.12. The molecular weight excluding hydrogens is 202 g/mol. The molecule has 1 aliphatic rings. The molecule has 0 radical (unpaired) electrons. The Kier molecular flexibility index (Phi) is 3.57. The lowest BCUT2D eigenvalue weighted by molar-refractivity contribution is 0.0697. The van der Waals surface area contributed by atoms with Gasteiger partial charge in [-0.2, -0.15) is 0 Å². The van der Waals surface area contributed by atoms with Crippen LogP contribution in [0.5, 0.6) is 0 Å². The number of nitrogens with zero attached hydrogens (tertiary/aromatic N) is 1. The molecule has 3 nitrogen and oxygen atoms in total. The minimum atomic E-state index is -0.855. The Morgan fingerprint density at radius 2 is 1.81 bits per heavy atom. The molecule has 1 fully saturated rings. The fourth-order valence-electron chi connectivity index (χ4n) is 2.11. The average Bonchev–Trinajstić information content (AvgIpc) is 2.80. The highest BCUT2D eigenvalue weighted by Gasteiger charge is 2.10. The van der Waals surface area contributed by atoms with Gasteiger partial charge in [-0.25, -0.2) is 4.79 Å². The molecule has 0 unspecified atom stereocenters. The van der Waals surface area contributed by atoms with Crippen LogP contribution in [0.25, 0.3) is 0 Å². The molecule has 1 aromatic carbocycles. The topological polar surface area (TPSA) is 40.5 Å². The van der Waals surface area contributed by atoms with E-state index in [1.54, 1.807) is 12.1 Å². The molecule has 1 saturated heterocycles. The number of carboxylic acids is 1. The van der Waals surface area contributed by atoms with Crippen molar-refractivity contribution in [3.63, 3.8) is 0 Å². The van der Waals surface area contributed by atoms with E-state index in [0.717, 1.165) is 13.0 Å². The first-order valence-electron chi connectivity index (χ1n) is 5.80. The second kappa shape index (κ2) is 5.12. The Bertz CT molecular complexity index is 353. The summed E-state index contributed by atoms with van der Waals surface area (Å²) in [6, 6.07) is 7.20. The highest BCUT2D eigenvalue weighted by atomic mass is 16.4. The van der Waals surface area contributed by atoms with E-state index >= 15 is 0 Å². The second-order valence-corrected chi connectivity index (χ2v) is 4.30. The zero-order valence-electron chi connectivity index (χ0n) is 9.35. The number of aromatic carboxylic acids is 1. The first-order chi connectivity index (χ1) is 7.75. The van der Waals surface area contributed by atoms with E-state index in [0.29, 0.717) is 5.56 Å². The Labute approximate surface area is 95.7 Å². The third kappa shape index (κ3) is 2.83. The molecule has 0 aliphatic carbocycles. The Morgan fingerprint density at radius 3 is 2.38 bits per heavy atom. The van der Waals surface area contributed by atoms with Crippen molar-refractivity contribution in [2.24, 2.45) is 0 Å². The number of carbonyl (C=O) groups is 1. The molecule has 16 heavy (non-hydrogen) atoms. The van der Waals surface area contributed by atoms with Crippen LogP contribution in [0.3, 0.4) is 0 Å². The fourth-order valence-corrected chi connectivity index (χ4v) is 2.11. The summed E-state index contributed by atoms with van der Waals surface area (Å²) >= 11 is 0. The van der Waals surface area contributed by atoms with E-state index in [-0.39, 0.29) is 0 Å². The number of hydrogen-bond donors (Lipinski definition) is 1. The van der Waals surface area contributed by atoms with Crippen LogP contribution in [-0.2, 0) is 6.42 Å².